The largest absolute Gasteiger partial charge is 0.461 e. The molecule has 112 valence electrons. The highest BCUT2D eigenvalue weighted by Gasteiger charge is 2.25. The topological polar surface area (TPSA) is 131 Å². The number of nitrogens with zero attached hydrogens (tertiary/aromatic N) is 1. The van der Waals surface area contributed by atoms with E-state index in [0.717, 1.165) is 6.92 Å². The Morgan fingerprint density at radius 2 is 2.15 bits per heavy atom. The van der Waals surface area contributed by atoms with Crippen LogP contribution in [0.25, 0.3) is 0 Å². The lowest BCUT2D eigenvalue weighted by atomic mass is 10.1. The molecule has 0 spiro atoms. The predicted octanol–water partition coefficient (Wildman–Crippen LogP) is -0.537. The van der Waals surface area contributed by atoms with Crippen LogP contribution < -0.4 is 5.32 Å². The molecular formula is C12H20N3O5+. The summed E-state index contributed by atoms with van der Waals surface area (Å²) in [5, 5.41) is 11.2. The third-order valence-corrected chi connectivity index (χ3v) is 2.10. The monoisotopic (exact) mass is 292 g/mol. The minimum absolute atomic E-state index is 0.367. The number of carbonyl (C=O) groups is 3. The van der Waals surface area contributed by atoms with Gasteiger partial charge in [0.2, 0.25) is 11.7 Å². The number of carbonyl (C=O) groups excluding carboxylic acids is 3. The first-order chi connectivity index (χ1) is 11.7. The fourth-order valence-corrected chi connectivity index (χ4v) is 1.16. The number of ketones is 1. The van der Waals surface area contributed by atoms with Gasteiger partial charge in [-0.3, -0.25) is 9.59 Å². The van der Waals surface area contributed by atoms with Gasteiger partial charge in [0, 0.05) is 14.6 Å². The zero-order valence-electron chi connectivity index (χ0n) is 16.8. The standard InChI is InChI=1S/C12H19N3O5/c1-7(2)20-12(19)10(15-11(18)8(3)16)5-4-9(17)6-14-13/h6-8,10,13,16H,4-5H2,1-3H3/p+1/t8-,10-/m0/s1/i1D3,2D3. The molecule has 0 bridgehead atoms. The highest BCUT2D eigenvalue weighted by molar-refractivity contribution is 6.25. The Bertz CT molecular complexity index is 569. The zero-order valence-corrected chi connectivity index (χ0v) is 10.8. The molecule has 1 amide bonds. The maximum Gasteiger partial charge on any atom is 0.372 e. The number of aliphatic hydroxyl groups is 1. The Hall–Kier alpha value is -2.05. The maximum atomic E-state index is 12.2. The SMILES string of the molecule is [2H]C([2H])([2H])C(OC(=O)[C@H](CCC(=O)C=[N+]=N)NC(=O)[C@H](C)O)C([2H])([2H])[2H]. The first kappa shape index (κ1) is 9.79. The van der Waals surface area contributed by atoms with Gasteiger partial charge in [-0.2, -0.15) is 0 Å². The Labute approximate surface area is 125 Å². The summed E-state index contributed by atoms with van der Waals surface area (Å²) < 4.78 is 47.7. The van der Waals surface area contributed by atoms with E-state index in [1.54, 1.807) is 0 Å². The first-order valence-electron chi connectivity index (χ1n) is 8.61. The van der Waals surface area contributed by atoms with Gasteiger partial charge in [-0.05, 0) is 27.0 Å². The number of ether oxygens (including phenoxy) is 1. The summed E-state index contributed by atoms with van der Waals surface area (Å²) in [5.74, 6) is -3.05. The van der Waals surface area contributed by atoms with Crippen molar-refractivity contribution in [2.45, 2.75) is 51.7 Å². The molecule has 3 N–H and O–H groups in total. The highest BCUT2D eigenvalue weighted by Crippen LogP contribution is 2.03. The summed E-state index contributed by atoms with van der Waals surface area (Å²) in [6.45, 7) is -5.19. The van der Waals surface area contributed by atoms with Crippen LogP contribution in [-0.4, -0.2) is 52.0 Å². The lowest BCUT2D eigenvalue weighted by molar-refractivity contribution is -0.152. The van der Waals surface area contributed by atoms with Crippen LogP contribution in [0.5, 0.6) is 0 Å². The predicted molar refractivity (Wildman–Crippen MR) is 68.1 cm³/mol. The minimum atomic E-state index is -3.15. The zero-order chi connectivity index (χ0) is 20.7. The van der Waals surface area contributed by atoms with E-state index in [-0.39, 0.29) is 12.8 Å². The second kappa shape index (κ2) is 8.95. The van der Waals surface area contributed by atoms with Crippen molar-refractivity contribution in [1.82, 2.24) is 5.32 Å². The molecular weight excluding hydrogens is 266 g/mol. The average molecular weight is 292 g/mol. The summed E-state index contributed by atoms with van der Waals surface area (Å²) in [6, 6.07) is -1.58. The van der Waals surface area contributed by atoms with Crippen molar-refractivity contribution in [1.29, 1.82) is 5.53 Å². The molecule has 0 radical (unpaired) electrons. The van der Waals surface area contributed by atoms with Crippen LogP contribution in [0.4, 0.5) is 0 Å². The molecule has 0 aliphatic heterocycles. The van der Waals surface area contributed by atoms with Gasteiger partial charge in [0.05, 0.1) is 16.4 Å². The van der Waals surface area contributed by atoms with Gasteiger partial charge < -0.3 is 15.2 Å². The molecule has 0 aliphatic carbocycles. The summed E-state index contributed by atoms with van der Waals surface area (Å²) in [4.78, 5) is 37.9. The molecule has 2 atom stereocenters. The average Bonchev–Trinajstić information content (AvgIpc) is 2.46. The van der Waals surface area contributed by atoms with Crippen LogP contribution in [-0.2, 0) is 19.1 Å². The number of aliphatic hydroxyl groups excluding tert-OH is 1. The van der Waals surface area contributed by atoms with E-state index in [4.69, 9.17) is 13.8 Å². The van der Waals surface area contributed by atoms with E-state index in [1.165, 1.54) is 0 Å². The van der Waals surface area contributed by atoms with Gasteiger partial charge >= 0.3 is 12.2 Å². The molecule has 0 aromatic rings. The first-order valence-corrected chi connectivity index (χ1v) is 5.61. The van der Waals surface area contributed by atoms with Crippen molar-refractivity contribution in [3.8, 4) is 0 Å². The molecule has 0 saturated heterocycles. The number of amides is 1. The second-order valence-electron chi connectivity index (χ2n) is 3.82. The molecule has 0 aliphatic rings. The normalized spacial score (nSPS) is 18.8. The Balaban J connectivity index is 5.37. The van der Waals surface area contributed by atoms with Crippen LogP contribution in [0.2, 0.25) is 0 Å². The number of rotatable bonds is 8. The lowest BCUT2D eigenvalue weighted by Gasteiger charge is -2.19. The Kier molecular flexibility index (Phi) is 4.38. The lowest BCUT2D eigenvalue weighted by Crippen LogP contribution is -2.46. The second-order valence-corrected chi connectivity index (χ2v) is 3.82. The quantitative estimate of drug-likeness (QED) is 0.239. The van der Waals surface area contributed by atoms with Crippen LogP contribution in [0.1, 0.15) is 41.7 Å². The molecule has 20 heavy (non-hydrogen) atoms. The Morgan fingerprint density at radius 1 is 1.50 bits per heavy atom. The van der Waals surface area contributed by atoms with Gasteiger partial charge in [0.25, 0.3) is 0 Å². The van der Waals surface area contributed by atoms with E-state index in [1.807, 2.05) is 5.32 Å². The third-order valence-electron chi connectivity index (χ3n) is 2.10. The van der Waals surface area contributed by atoms with Crippen LogP contribution in [0.15, 0.2) is 0 Å². The van der Waals surface area contributed by atoms with E-state index in [0.29, 0.717) is 6.21 Å². The number of esters is 1. The van der Waals surface area contributed by atoms with Gasteiger partial charge in [-0.15, -0.1) is 0 Å². The van der Waals surface area contributed by atoms with Gasteiger partial charge in [0.1, 0.15) is 12.1 Å². The van der Waals surface area contributed by atoms with E-state index in [2.05, 4.69) is 9.53 Å². The van der Waals surface area contributed by atoms with Gasteiger partial charge in [-0.25, -0.2) is 4.79 Å². The molecule has 0 fully saturated rings. The van der Waals surface area contributed by atoms with Crippen LogP contribution in [0.3, 0.4) is 0 Å². The molecule has 0 heterocycles. The molecule has 0 aromatic carbocycles. The molecule has 0 unspecified atom stereocenters. The molecule has 0 aromatic heterocycles. The van der Waals surface area contributed by atoms with E-state index < -0.39 is 49.6 Å². The van der Waals surface area contributed by atoms with Crippen LogP contribution in [0, 0.1) is 5.53 Å². The summed E-state index contributed by atoms with van der Waals surface area (Å²) in [6.07, 6.45) is -4.03. The molecule has 0 rings (SSSR count). The fourth-order valence-electron chi connectivity index (χ4n) is 1.16. The van der Waals surface area contributed by atoms with Crippen molar-refractivity contribution < 1.29 is 37.2 Å². The molecule has 8 nitrogen and oxygen atoms in total. The van der Waals surface area contributed by atoms with Crippen molar-refractivity contribution in [2.75, 3.05) is 0 Å². The van der Waals surface area contributed by atoms with Crippen molar-refractivity contribution in [3.63, 3.8) is 0 Å². The van der Waals surface area contributed by atoms with Gasteiger partial charge in [-0.1, -0.05) is 0 Å². The van der Waals surface area contributed by atoms with Crippen LogP contribution >= 0.6 is 0 Å². The highest BCUT2D eigenvalue weighted by atomic mass is 16.5. The summed E-state index contributed by atoms with van der Waals surface area (Å²) in [7, 11) is 0. The van der Waals surface area contributed by atoms with Crippen molar-refractivity contribution in [3.05, 3.63) is 0 Å². The smallest absolute Gasteiger partial charge is 0.372 e. The summed E-state index contributed by atoms with van der Waals surface area (Å²) in [5.41, 5.74) is 6.53. The number of nitrogens with one attached hydrogen (secondary N) is 2. The summed E-state index contributed by atoms with van der Waals surface area (Å²) >= 11 is 0. The number of hydrogen-bond donors (Lipinski definition) is 3. The molecule has 8 heteroatoms. The van der Waals surface area contributed by atoms with E-state index in [9.17, 15) is 19.5 Å². The van der Waals surface area contributed by atoms with Crippen molar-refractivity contribution in [2.24, 2.45) is 0 Å². The van der Waals surface area contributed by atoms with Crippen molar-refractivity contribution >= 4 is 23.9 Å². The number of hydrogen-bond acceptors (Lipinski definition) is 6. The third kappa shape index (κ3) is 7.40. The number of Topliss-reactive ketones (excluding diaryl/α,β-unsaturated/α-hetero) is 1. The Morgan fingerprint density at radius 3 is 2.65 bits per heavy atom. The minimum Gasteiger partial charge on any atom is -0.461 e. The van der Waals surface area contributed by atoms with Gasteiger partial charge in [0.15, 0.2) is 0 Å². The van der Waals surface area contributed by atoms with E-state index >= 15 is 0 Å². The fraction of sp³-hybridized carbons (Fsp3) is 0.667. The maximum absolute atomic E-state index is 12.2. The molecule has 0 saturated carbocycles.